The lowest BCUT2D eigenvalue weighted by atomic mass is 10.1. The van der Waals surface area contributed by atoms with Crippen LogP contribution in [0.5, 0.6) is 5.75 Å². The van der Waals surface area contributed by atoms with Gasteiger partial charge in [0.15, 0.2) is 0 Å². The van der Waals surface area contributed by atoms with Crippen LogP contribution in [0.3, 0.4) is 0 Å². The van der Waals surface area contributed by atoms with E-state index in [-0.39, 0.29) is 5.75 Å². The van der Waals surface area contributed by atoms with E-state index in [0.29, 0.717) is 24.2 Å². The van der Waals surface area contributed by atoms with Crippen molar-refractivity contribution in [2.75, 3.05) is 7.05 Å². The van der Waals surface area contributed by atoms with Gasteiger partial charge in [-0.3, -0.25) is 4.90 Å². The fourth-order valence-corrected chi connectivity index (χ4v) is 3.01. The van der Waals surface area contributed by atoms with E-state index in [1.54, 1.807) is 19.1 Å². The summed E-state index contributed by atoms with van der Waals surface area (Å²) in [5.74, 6) is 0.118. The summed E-state index contributed by atoms with van der Waals surface area (Å²) in [6.45, 7) is 2.97. The van der Waals surface area contributed by atoms with Crippen LogP contribution in [-0.4, -0.2) is 17.1 Å². The van der Waals surface area contributed by atoms with Gasteiger partial charge in [-0.05, 0) is 43.3 Å². The molecule has 1 heterocycles. The van der Waals surface area contributed by atoms with Gasteiger partial charge in [-0.15, -0.1) is 0 Å². The van der Waals surface area contributed by atoms with Gasteiger partial charge in [0.25, 0.3) is 0 Å². The minimum atomic E-state index is -0.419. The number of aryl methyl sites for hydroxylation is 1. The van der Waals surface area contributed by atoms with Crippen molar-refractivity contribution in [1.82, 2.24) is 4.90 Å². The highest BCUT2D eigenvalue weighted by Crippen LogP contribution is 2.28. The second-order valence-corrected chi connectivity index (χ2v) is 6.35. The van der Waals surface area contributed by atoms with Gasteiger partial charge in [0.2, 0.25) is 0 Å². The van der Waals surface area contributed by atoms with Gasteiger partial charge in [-0.25, -0.2) is 4.79 Å². The molecule has 1 aromatic heterocycles. The number of halogens is 1. The molecule has 0 fully saturated rings. The van der Waals surface area contributed by atoms with E-state index in [4.69, 9.17) is 16.0 Å². The van der Waals surface area contributed by atoms with Gasteiger partial charge < -0.3 is 9.52 Å². The number of hydrogen-bond acceptors (Lipinski definition) is 4. The molecule has 0 radical (unpaired) electrons. The largest absolute Gasteiger partial charge is 0.508 e. The van der Waals surface area contributed by atoms with Gasteiger partial charge >= 0.3 is 5.63 Å². The van der Waals surface area contributed by atoms with Gasteiger partial charge in [0.05, 0.1) is 0 Å². The third kappa shape index (κ3) is 3.30. The third-order valence-corrected chi connectivity index (χ3v) is 4.43. The summed E-state index contributed by atoms with van der Waals surface area (Å²) in [4.78, 5) is 14.0. The monoisotopic (exact) mass is 343 g/mol. The first-order chi connectivity index (χ1) is 11.5. The summed E-state index contributed by atoms with van der Waals surface area (Å²) in [7, 11) is 1.97. The molecule has 24 heavy (non-hydrogen) atoms. The predicted octanol–water partition coefficient (Wildman–Crippen LogP) is 4.09. The van der Waals surface area contributed by atoms with Gasteiger partial charge in [-0.1, -0.05) is 29.8 Å². The van der Waals surface area contributed by atoms with Gasteiger partial charge in [-0.2, -0.15) is 0 Å². The highest BCUT2D eigenvalue weighted by atomic mass is 35.5. The summed E-state index contributed by atoms with van der Waals surface area (Å²) in [5, 5.41) is 11.4. The molecule has 0 aliphatic carbocycles. The van der Waals surface area contributed by atoms with Crippen LogP contribution in [0.15, 0.2) is 51.7 Å². The maximum absolute atomic E-state index is 11.9. The van der Waals surface area contributed by atoms with Crippen LogP contribution in [0, 0.1) is 6.92 Å². The molecule has 0 spiro atoms. The highest BCUT2D eigenvalue weighted by molar-refractivity contribution is 6.31. The second-order valence-electron chi connectivity index (χ2n) is 5.94. The maximum atomic E-state index is 11.9. The van der Waals surface area contributed by atoms with E-state index in [1.807, 2.05) is 31.3 Å². The van der Waals surface area contributed by atoms with E-state index in [2.05, 4.69) is 4.90 Å². The molecule has 5 heteroatoms. The van der Waals surface area contributed by atoms with Crippen molar-refractivity contribution < 1.29 is 9.52 Å². The standard InChI is InChI=1S/C19H18ClNO3/c1-12-17(22)8-7-15-14(9-18(23)24-19(12)15)11-21(2)10-13-5-3-4-6-16(13)20/h3-9,22H,10-11H2,1-2H3. The van der Waals surface area contributed by atoms with Crippen LogP contribution < -0.4 is 5.63 Å². The molecule has 3 aromatic rings. The zero-order valence-corrected chi connectivity index (χ0v) is 14.3. The first kappa shape index (κ1) is 16.6. The van der Waals surface area contributed by atoms with Crippen LogP contribution in [0.1, 0.15) is 16.7 Å². The first-order valence-corrected chi connectivity index (χ1v) is 8.01. The van der Waals surface area contributed by atoms with E-state index in [0.717, 1.165) is 21.5 Å². The number of hydrogen-bond donors (Lipinski definition) is 1. The molecule has 0 bridgehead atoms. The van der Waals surface area contributed by atoms with Crippen molar-refractivity contribution in [2.45, 2.75) is 20.0 Å². The van der Waals surface area contributed by atoms with Crippen molar-refractivity contribution in [3.05, 3.63) is 74.6 Å². The fourth-order valence-electron chi connectivity index (χ4n) is 2.81. The Morgan fingerprint density at radius 3 is 2.58 bits per heavy atom. The molecule has 0 saturated carbocycles. The Hall–Kier alpha value is -2.30. The van der Waals surface area contributed by atoms with Crippen LogP contribution in [0.2, 0.25) is 5.02 Å². The summed E-state index contributed by atoms with van der Waals surface area (Å²) in [5.41, 5.74) is 2.47. The Morgan fingerprint density at radius 1 is 1.12 bits per heavy atom. The topological polar surface area (TPSA) is 53.7 Å². The molecule has 0 saturated heterocycles. The molecular weight excluding hydrogens is 326 g/mol. The van der Waals surface area contributed by atoms with E-state index < -0.39 is 5.63 Å². The van der Waals surface area contributed by atoms with E-state index in [1.165, 1.54) is 6.07 Å². The molecule has 4 nitrogen and oxygen atoms in total. The molecule has 0 atom stereocenters. The summed E-state index contributed by atoms with van der Waals surface area (Å²) >= 11 is 6.21. The Labute approximate surface area is 144 Å². The van der Waals surface area contributed by atoms with E-state index >= 15 is 0 Å². The minimum absolute atomic E-state index is 0.118. The number of aromatic hydroxyl groups is 1. The predicted molar refractivity (Wildman–Crippen MR) is 95.5 cm³/mol. The SMILES string of the molecule is Cc1c(O)ccc2c(CN(C)Cc3ccccc3Cl)cc(=O)oc12. The lowest BCUT2D eigenvalue weighted by Gasteiger charge is -2.18. The number of nitrogens with zero attached hydrogens (tertiary/aromatic N) is 1. The summed E-state index contributed by atoms with van der Waals surface area (Å²) in [6.07, 6.45) is 0. The lowest BCUT2D eigenvalue weighted by Crippen LogP contribution is -2.18. The van der Waals surface area contributed by atoms with Crippen molar-refractivity contribution in [1.29, 1.82) is 0 Å². The van der Waals surface area contributed by atoms with Crippen molar-refractivity contribution >= 4 is 22.6 Å². The van der Waals surface area contributed by atoms with Crippen LogP contribution in [0.25, 0.3) is 11.0 Å². The number of phenols is 1. The molecule has 0 amide bonds. The lowest BCUT2D eigenvalue weighted by molar-refractivity contribution is 0.319. The minimum Gasteiger partial charge on any atom is -0.508 e. The maximum Gasteiger partial charge on any atom is 0.336 e. The van der Waals surface area contributed by atoms with Gasteiger partial charge in [0.1, 0.15) is 11.3 Å². The molecule has 2 aromatic carbocycles. The normalized spacial score (nSPS) is 11.3. The van der Waals surface area contributed by atoms with Crippen LogP contribution in [0.4, 0.5) is 0 Å². The van der Waals surface area contributed by atoms with Gasteiger partial charge in [0, 0.05) is 35.1 Å². The number of phenolic OH excluding ortho intramolecular Hbond substituents is 1. The average molecular weight is 344 g/mol. The first-order valence-electron chi connectivity index (χ1n) is 7.63. The number of fused-ring (bicyclic) bond motifs is 1. The number of benzene rings is 2. The molecule has 0 unspecified atom stereocenters. The quantitative estimate of drug-likeness (QED) is 0.725. The van der Waals surface area contributed by atoms with Crippen LogP contribution >= 0.6 is 11.6 Å². The summed E-state index contributed by atoms with van der Waals surface area (Å²) in [6, 6.07) is 12.6. The number of rotatable bonds is 4. The molecular formula is C19H18ClNO3. The molecule has 3 rings (SSSR count). The Bertz CT molecular complexity index is 949. The second kappa shape index (κ2) is 6.67. The third-order valence-electron chi connectivity index (χ3n) is 4.06. The average Bonchev–Trinajstić information content (AvgIpc) is 2.53. The smallest absolute Gasteiger partial charge is 0.336 e. The van der Waals surface area contributed by atoms with Crippen molar-refractivity contribution in [2.24, 2.45) is 0 Å². The Morgan fingerprint density at radius 2 is 1.83 bits per heavy atom. The van der Waals surface area contributed by atoms with Crippen molar-refractivity contribution in [3.63, 3.8) is 0 Å². The molecule has 1 N–H and O–H groups in total. The molecule has 0 aliphatic rings. The zero-order chi connectivity index (χ0) is 17.3. The van der Waals surface area contributed by atoms with Crippen LogP contribution in [-0.2, 0) is 13.1 Å². The molecule has 0 aliphatic heterocycles. The highest BCUT2D eigenvalue weighted by Gasteiger charge is 2.13. The van der Waals surface area contributed by atoms with E-state index in [9.17, 15) is 9.90 Å². The zero-order valence-electron chi connectivity index (χ0n) is 13.5. The summed E-state index contributed by atoms with van der Waals surface area (Å²) < 4.78 is 5.28. The van der Waals surface area contributed by atoms with Crippen molar-refractivity contribution in [3.8, 4) is 5.75 Å². The Kier molecular flexibility index (Phi) is 4.60. The fraction of sp³-hybridized carbons (Fsp3) is 0.211. The molecule has 124 valence electrons. The Balaban J connectivity index is 1.94.